The number of aromatic nitrogens is 2. The van der Waals surface area contributed by atoms with Crippen molar-refractivity contribution in [2.24, 2.45) is 0 Å². The van der Waals surface area contributed by atoms with E-state index in [9.17, 15) is 0 Å². The molecule has 3 rings (SSSR count). The number of anilines is 1. The SMILES string of the molecule is CC(C)(C)c1ccc(NCc2cnn3ccccc23)cc1. The van der Waals surface area contributed by atoms with Gasteiger partial charge in [0, 0.05) is 24.0 Å². The van der Waals surface area contributed by atoms with E-state index in [0.717, 1.165) is 17.7 Å². The van der Waals surface area contributed by atoms with Crippen molar-refractivity contribution in [3.8, 4) is 0 Å². The Morgan fingerprint density at radius 2 is 1.81 bits per heavy atom. The molecule has 3 heteroatoms. The van der Waals surface area contributed by atoms with Gasteiger partial charge in [0.25, 0.3) is 0 Å². The average Bonchev–Trinajstić information content (AvgIpc) is 2.88. The number of hydrogen-bond acceptors (Lipinski definition) is 2. The second-order valence-corrected chi connectivity index (χ2v) is 6.38. The number of pyridine rings is 1. The zero-order chi connectivity index (χ0) is 14.9. The summed E-state index contributed by atoms with van der Waals surface area (Å²) >= 11 is 0. The van der Waals surface area contributed by atoms with E-state index >= 15 is 0 Å². The molecule has 0 saturated heterocycles. The molecule has 0 spiro atoms. The number of benzene rings is 1. The third kappa shape index (κ3) is 2.92. The number of nitrogens with zero attached hydrogens (tertiary/aromatic N) is 2. The van der Waals surface area contributed by atoms with Crippen molar-refractivity contribution in [1.29, 1.82) is 0 Å². The zero-order valence-electron chi connectivity index (χ0n) is 12.8. The highest BCUT2D eigenvalue weighted by atomic mass is 15.2. The van der Waals surface area contributed by atoms with E-state index in [1.807, 2.05) is 29.0 Å². The lowest BCUT2D eigenvalue weighted by atomic mass is 9.87. The van der Waals surface area contributed by atoms with E-state index in [4.69, 9.17) is 0 Å². The van der Waals surface area contributed by atoms with Gasteiger partial charge in [-0.2, -0.15) is 5.10 Å². The highest BCUT2D eigenvalue weighted by Gasteiger charge is 2.12. The van der Waals surface area contributed by atoms with Crippen LogP contribution in [-0.4, -0.2) is 9.61 Å². The van der Waals surface area contributed by atoms with Crippen LogP contribution in [-0.2, 0) is 12.0 Å². The van der Waals surface area contributed by atoms with Crippen LogP contribution in [0.4, 0.5) is 5.69 Å². The maximum Gasteiger partial charge on any atom is 0.0711 e. The van der Waals surface area contributed by atoms with Crippen molar-refractivity contribution in [3.05, 3.63) is 66.0 Å². The maximum atomic E-state index is 4.35. The fourth-order valence-electron chi connectivity index (χ4n) is 2.41. The van der Waals surface area contributed by atoms with Crippen LogP contribution in [0, 0.1) is 0 Å². The summed E-state index contributed by atoms with van der Waals surface area (Å²) in [4.78, 5) is 0. The first-order valence-corrected chi connectivity index (χ1v) is 7.30. The summed E-state index contributed by atoms with van der Waals surface area (Å²) in [5.41, 5.74) is 5.04. The van der Waals surface area contributed by atoms with Crippen LogP contribution in [0.25, 0.3) is 5.52 Å². The lowest BCUT2D eigenvalue weighted by Gasteiger charge is -2.19. The van der Waals surface area contributed by atoms with Crippen LogP contribution in [0.1, 0.15) is 31.9 Å². The van der Waals surface area contributed by atoms with Gasteiger partial charge < -0.3 is 5.32 Å². The summed E-state index contributed by atoms with van der Waals surface area (Å²) in [5.74, 6) is 0. The fraction of sp³-hybridized carbons (Fsp3) is 0.278. The minimum absolute atomic E-state index is 0.195. The molecule has 0 aliphatic rings. The topological polar surface area (TPSA) is 29.3 Å². The lowest BCUT2D eigenvalue weighted by molar-refractivity contribution is 0.590. The average molecular weight is 279 g/mol. The minimum Gasteiger partial charge on any atom is -0.381 e. The summed E-state index contributed by atoms with van der Waals surface area (Å²) in [6.45, 7) is 7.47. The van der Waals surface area contributed by atoms with Crippen molar-refractivity contribution in [3.63, 3.8) is 0 Å². The van der Waals surface area contributed by atoms with E-state index in [2.05, 4.69) is 61.5 Å². The maximum absolute atomic E-state index is 4.35. The lowest BCUT2D eigenvalue weighted by Crippen LogP contribution is -2.10. The van der Waals surface area contributed by atoms with Gasteiger partial charge in [-0.1, -0.05) is 39.0 Å². The Morgan fingerprint density at radius 3 is 2.52 bits per heavy atom. The van der Waals surface area contributed by atoms with Crippen LogP contribution >= 0.6 is 0 Å². The quantitative estimate of drug-likeness (QED) is 0.777. The molecule has 21 heavy (non-hydrogen) atoms. The molecule has 2 heterocycles. The molecule has 0 aliphatic carbocycles. The van der Waals surface area contributed by atoms with E-state index in [1.54, 1.807) is 0 Å². The van der Waals surface area contributed by atoms with Gasteiger partial charge in [0.05, 0.1) is 11.7 Å². The van der Waals surface area contributed by atoms with E-state index in [-0.39, 0.29) is 5.41 Å². The fourth-order valence-corrected chi connectivity index (χ4v) is 2.41. The van der Waals surface area contributed by atoms with Gasteiger partial charge in [-0.15, -0.1) is 0 Å². The van der Waals surface area contributed by atoms with E-state index in [1.165, 1.54) is 11.1 Å². The van der Waals surface area contributed by atoms with E-state index in [0.29, 0.717) is 0 Å². The summed E-state index contributed by atoms with van der Waals surface area (Å²) in [6.07, 6.45) is 3.89. The summed E-state index contributed by atoms with van der Waals surface area (Å²) in [6, 6.07) is 14.8. The molecule has 0 atom stereocenters. The van der Waals surface area contributed by atoms with Crippen LogP contribution in [0.2, 0.25) is 0 Å². The molecule has 0 bridgehead atoms. The Labute approximate surface area is 125 Å². The molecule has 108 valence electrons. The van der Waals surface area contributed by atoms with Crippen molar-refractivity contribution in [1.82, 2.24) is 9.61 Å². The third-order valence-corrected chi connectivity index (χ3v) is 3.74. The molecule has 1 N–H and O–H groups in total. The second kappa shape index (κ2) is 5.24. The first-order valence-electron chi connectivity index (χ1n) is 7.30. The Kier molecular flexibility index (Phi) is 3.42. The molecule has 0 unspecified atom stereocenters. The number of fused-ring (bicyclic) bond motifs is 1. The van der Waals surface area contributed by atoms with Gasteiger partial charge in [0.15, 0.2) is 0 Å². The Morgan fingerprint density at radius 1 is 1.05 bits per heavy atom. The molecule has 3 nitrogen and oxygen atoms in total. The standard InChI is InChI=1S/C18H21N3/c1-18(2,3)15-7-9-16(10-8-15)19-12-14-13-20-21-11-5-4-6-17(14)21/h4-11,13,19H,12H2,1-3H3. The molecular formula is C18H21N3. The summed E-state index contributed by atoms with van der Waals surface area (Å²) in [5, 5.41) is 7.82. The normalized spacial score (nSPS) is 11.8. The monoisotopic (exact) mass is 279 g/mol. The summed E-state index contributed by atoms with van der Waals surface area (Å²) in [7, 11) is 0. The summed E-state index contributed by atoms with van der Waals surface area (Å²) < 4.78 is 1.90. The number of rotatable bonds is 3. The molecule has 3 aromatic rings. The second-order valence-electron chi connectivity index (χ2n) is 6.38. The molecule has 0 saturated carbocycles. The third-order valence-electron chi connectivity index (χ3n) is 3.74. The van der Waals surface area contributed by atoms with Crippen molar-refractivity contribution in [2.45, 2.75) is 32.7 Å². The van der Waals surface area contributed by atoms with Gasteiger partial charge in [-0.25, -0.2) is 4.52 Å². The van der Waals surface area contributed by atoms with E-state index < -0.39 is 0 Å². The van der Waals surface area contributed by atoms with Gasteiger partial charge in [-0.05, 0) is 35.2 Å². The van der Waals surface area contributed by atoms with Gasteiger partial charge in [0.2, 0.25) is 0 Å². The molecule has 0 fully saturated rings. The predicted octanol–water partition coefficient (Wildman–Crippen LogP) is 4.24. The molecule has 1 aromatic carbocycles. The number of nitrogens with one attached hydrogen (secondary N) is 1. The first-order chi connectivity index (χ1) is 10.0. The highest BCUT2D eigenvalue weighted by molar-refractivity contribution is 5.55. The molecule has 0 amide bonds. The zero-order valence-corrected chi connectivity index (χ0v) is 12.8. The van der Waals surface area contributed by atoms with Crippen molar-refractivity contribution in [2.75, 3.05) is 5.32 Å². The van der Waals surface area contributed by atoms with Crippen LogP contribution in [0.3, 0.4) is 0 Å². The predicted molar refractivity (Wildman–Crippen MR) is 87.7 cm³/mol. The van der Waals surface area contributed by atoms with Crippen LogP contribution < -0.4 is 5.32 Å². The van der Waals surface area contributed by atoms with Gasteiger partial charge >= 0.3 is 0 Å². The first kappa shape index (κ1) is 13.7. The molecule has 2 aromatic heterocycles. The van der Waals surface area contributed by atoms with Crippen LogP contribution in [0.5, 0.6) is 0 Å². The smallest absolute Gasteiger partial charge is 0.0711 e. The molecule has 0 aliphatic heterocycles. The Balaban J connectivity index is 1.73. The minimum atomic E-state index is 0.195. The van der Waals surface area contributed by atoms with Crippen LogP contribution in [0.15, 0.2) is 54.9 Å². The highest BCUT2D eigenvalue weighted by Crippen LogP contribution is 2.23. The van der Waals surface area contributed by atoms with Crippen molar-refractivity contribution < 1.29 is 0 Å². The largest absolute Gasteiger partial charge is 0.381 e. The Bertz CT molecular complexity index is 733. The molecule has 0 radical (unpaired) electrons. The molecular weight excluding hydrogens is 258 g/mol. The van der Waals surface area contributed by atoms with Crippen molar-refractivity contribution >= 4 is 11.2 Å². The van der Waals surface area contributed by atoms with Gasteiger partial charge in [0.1, 0.15) is 0 Å². The van der Waals surface area contributed by atoms with Gasteiger partial charge in [-0.3, -0.25) is 0 Å². The Hall–Kier alpha value is -2.29. The number of hydrogen-bond donors (Lipinski definition) is 1.